The van der Waals surface area contributed by atoms with Crippen LogP contribution >= 0.6 is 0 Å². The molecular weight excluding hydrogens is 306 g/mol. The van der Waals surface area contributed by atoms with E-state index in [9.17, 15) is 19.2 Å². The standard InChI is InChI=1S/C14H25N3O6/c1-7(2)6-10(14(22)23)17-13(21)9(4-5-11(18)19)16-12(20)8(3)15/h7-10H,4-6,15H2,1-3H3,(H,16,20)(H,17,21)(H,18,19)(H,22,23). The third-order valence-corrected chi connectivity index (χ3v) is 3.02. The number of nitrogens with two attached hydrogens (primary N) is 1. The molecule has 0 aliphatic heterocycles. The van der Waals surface area contributed by atoms with Crippen molar-refractivity contribution in [2.45, 2.75) is 58.2 Å². The lowest BCUT2D eigenvalue weighted by molar-refractivity contribution is -0.143. The molecule has 0 aromatic carbocycles. The lowest BCUT2D eigenvalue weighted by Crippen LogP contribution is -2.54. The Morgan fingerprint density at radius 1 is 0.957 bits per heavy atom. The van der Waals surface area contributed by atoms with Gasteiger partial charge >= 0.3 is 11.9 Å². The largest absolute Gasteiger partial charge is 0.481 e. The smallest absolute Gasteiger partial charge is 0.326 e. The average Bonchev–Trinajstić information content (AvgIpc) is 2.41. The van der Waals surface area contributed by atoms with Crippen molar-refractivity contribution in [1.29, 1.82) is 0 Å². The molecule has 0 heterocycles. The van der Waals surface area contributed by atoms with Gasteiger partial charge in [-0.25, -0.2) is 4.79 Å². The lowest BCUT2D eigenvalue weighted by Gasteiger charge is -2.22. The van der Waals surface area contributed by atoms with E-state index in [0.717, 1.165) is 0 Å². The van der Waals surface area contributed by atoms with Gasteiger partial charge in [0.25, 0.3) is 0 Å². The zero-order valence-electron chi connectivity index (χ0n) is 13.5. The van der Waals surface area contributed by atoms with Crippen LogP contribution in [-0.2, 0) is 19.2 Å². The molecule has 0 spiro atoms. The fourth-order valence-corrected chi connectivity index (χ4v) is 1.80. The average molecular weight is 331 g/mol. The number of rotatable bonds is 10. The highest BCUT2D eigenvalue weighted by molar-refractivity contribution is 5.91. The first-order chi connectivity index (χ1) is 10.5. The molecule has 3 unspecified atom stereocenters. The molecule has 132 valence electrons. The van der Waals surface area contributed by atoms with Crippen molar-refractivity contribution in [3.05, 3.63) is 0 Å². The molecule has 0 saturated carbocycles. The van der Waals surface area contributed by atoms with Crippen LogP contribution in [0.1, 0.15) is 40.0 Å². The van der Waals surface area contributed by atoms with Gasteiger partial charge in [-0.1, -0.05) is 13.8 Å². The molecule has 0 aromatic rings. The molecule has 23 heavy (non-hydrogen) atoms. The van der Waals surface area contributed by atoms with Crippen LogP contribution in [0.2, 0.25) is 0 Å². The zero-order chi connectivity index (χ0) is 18.2. The maximum atomic E-state index is 12.2. The fraction of sp³-hybridized carbons (Fsp3) is 0.714. The summed E-state index contributed by atoms with van der Waals surface area (Å²) in [6.45, 7) is 5.03. The second-order valence-corrected chi connectivity index (χ2v) is 5.81. The SMILES string of the molecule is CC(C)CC(NC(=O)C(CCC(=O)O)NC(=O)C(C)N)C(=O)O. The molecule has 0 rings (SSSR count). The Bertz CT molecular complexity index is 450. The Labute approximate surface area is 134 Å². The van der Waals surface area contributed by atoms with Gasteiger partial charge in [0, 0.05) is 6.42 Å². The summed E-state index contributed by atoms with van der Waals surface area (Å²) in [6.07, 6.45) is -0.291. The van der Waals surface area contributed by atoms with Gasteiger partial charge < -0.3 is 26.6 Å². The molecule has 2 amide bonds. The number of amides is 2. The first-order valence-corrected chi connectivity index (χ1v) is 7.35. The Kier molecular flexibility index (Phi) is 8.86. The van der Waals surface area contributed by atoms with Crippen LogP contribution in [0, 0.1) is 5.92 Å². The Morgan fingerprint density at radius 2 is 1.48 bits per heavy atom. The zero-order valence-corrected chi connectivity index (χ0v) is 13.5. The highest BCUT2D eigenvalue weighted by atomic mass is 16.4. The van der Waals surface area contributed by atoms with Crippen LogP contribution in [0.4, 0.5) is 0 Å². The maximum Gasteiger partial charge on any atom is 0.326 e. The minimum atomic E-state index is -1.19. The summed E-state index contributed by atoms with van der Waals surface area (Å²) in [5.74, 6) is -3.65. The summed E-state index contributed by atoms with van der Waals surface area (Å²) >= 11 is 0. The molecule has 0 aliphatic carbocycles. The van der Waals surface area contributed by atoms with Crippen LogP contribution in [0.25, 0.3) is 0 Å². The van der Waals surface area contributed by atoms with Crippen LogP contribution < -0.4 is 16.4 Å². The van der Waals surface area contributed by atoms with E-state index in [1.807, 2.05) is 13.8 Å². The highest BCUT2D eigenvalue weighted by Gasteiger charge is 2.28. The summed E-state index contributed by atoms with van der Waals surface area (Å²) in [4.78, 5) is 45.6. The summed E-state index contributed by atoms with van der Waals surface area (Å²) in [6, 6.07) is -3.14. The van der Waals surface area contributed by atoms with E-state index in [-0.39, 0.29) is 25.2 Å². The minimum absolute atomic E-state index is 0.0347. The third-order valence-electron chi connectivity index (χ3n) is 3.02. The summed E-state index contributed by atoms with van der Waals surface area (Å²) in [7, 11) is 0. The van der Waals surface area contributed by atoms with E-state index >= 15 is 0 Å². The quantitative estimate of drug-likeness (QED) is 0.354. The van der Waals surface area contributed by atoms with Gasteiger partial charge in [-0.3, -0.25) is 14.4 Å². The van der Waals surface area contributed by atoms with Crippen molar-refractivity contribution in [2.75, 3.05) is 0 Å². The van der Waals surface area contributed by atoms with Crippen LogP contribution in [-0.4, -0.2) is 52.1 Å². The van der Waals surface area contributed by atoms with E-state index in [0.29, 0.717) is 0 Å². The van der Waals surface area contributed by atoms with Crippen molar-refractivity contribution >= 4 is 23.8 Å². The van der Waals surface area contributed by atoms with E-state index in [1.165, 1.54) is 6.92 Å². The van der Waals surface area contributed by atoms with Gasteiger partial charge in [-0.05, 0) is 25.7 Å². The third kappa shape index (κ3) is 8.77. The monoisotopic (exact) mass is 331 g/mol. The van der Waals surface area contributed by atoms with Crippen molar-refractivity contribution in [3.8, 4) is 0 Å². The molecule has 0 radical (unpaired) electrons. The maximum absolute atomic E-state index is 12.2. The number of nitrogens with one attached hydrogen (secondary N) is 2. The van der Waals surface area contributed by atoms with Gasteiger partial charge in [0.15, 0.2) is 0 Å². The number of carbonyl (C=O) groups is 4. The Hall–Kier alpha value is -2.16. The van der Waals surface area contributed by atoms with Gasteiger partial charge in [0.1, 0.15) is 12.1 Å². The van der Waals surface area contributed by atoms with Crippen LogP contribution in [0.15, 0.2) is 0 Å². The van der Waals surface area contributed by atoms with E-state index in [4.69, 9.17) is 15.9 Å². The van der Waals surface area contributed by atoms with E-state index in [1.54, 1.807) is 0 Å². The van der Waals surface area contributed by atoms with Crippen LogP contribution in [0.3, 0.4) is 0 Å². The molecule has 0 saturated heterocycles. The van der Waals surface area contributed by atoms with Crippen molar-refractivity contribution < 1.29 is 29.4 Å². The highest BCUT2D eigenvalue weighted by Crippen LogP contribution is 2.07. The van der Waals surface area contributed by atoms with Gasteiger partial charge in [0.05, 0.1) is 6.04 Å². The number of hydrogen-bond donors (Lipinski definition) is 5. The second-order valence-electron chi connectivity index (χ2n) is 5.81. The second kappa shape index (κ2) is 9.78. The van der Waals surface area contributed by atoms with E-state index < -0.39 is 41.9 Å². The van der Waals surface area contributed by atoms with Gasteiger partial charge in [0.2, 0.25) is 11.8 Å². The molecule has 0 fully saturated rings. The number of carboxylic acids is 2. The van der Waals surface area contributed by atoms with Gasteiger partial charge in [-0.2, -0.15) is 0 Å². The first kappa shape index (κ1) is 20.8. The number of carboxylic acid groups (broad SMARTS) is 2. The molecule has 9 nitrogen and oxygen atoms in total. The number of carbonyl (C=O) groups excluding carboxylic acids is 2. The first-order valence-electron chi connectivity index (χ1n) is 7.35. The topological polar surface area (TPSA) is 159 Å². The molecule has 0 bridgehead atoms. The lowest BCUT2D eigenvalue weighted by atomic mass is 10.0. The van der Waals surface area contributed by atoms with Crippen molar-refractivity contribution in [1.82, 2.24) is 10.6 Å². The fourth-order valence-electron chi connectivity index (χ4n) is 1.80. The number of aliphatic carboxylic acids is 2. The molecule has 6 N–H and O–H groups in total. The van der Waals surface area contributed by atoms with E-state index in [2.05, 4.69) is 10.6 Å². The number of hydrogen-bond acceptors (Lipinski definition) is 5. The summed E-state index contributed by atoms with van der Waals surface area (Å²) in [5, 5.41) is 22.5. The molecule has 0 aliphatic rings. The Morgan fingerprint density at radius 3 is 1.87 bits per heavy atom. The predicted molar refractivity (Wildman–Crippen MR) is 81.5 cm³/mol. The molecular formula is C14H25N3O6. The summed E-state index contributed by atoms with van der Waals surface area (Å²) < 4.78 is 0. The predicted octanol–water partition coefficient (Wildman–Crippen LogP) is -0.701. The summed E-state index contributed by atoms with van der Waals surface area (Å²) in [5.41, 5.74) is 5.40. The van der Waals surface area contributed by atoms with Gasteiger partial charge in [-0.15, -0.1) is 0 Å². The normalized spacial score (nSPS) is 14.7. The molecule has 0 aromatic heterocycles. The molecule has 3 atom stereocenters. The van der Waals surface area contributed by atoms with Crippen LogP contribution in [0.5, 0.6) is 0 Å². The van der Waals surface area contributed by atoms with Crippen molar-refractivity contribution in [3.63, 3.8) is 0 Å². The van der Waals surface area contributed by atoms with Crippen molar-refractivity contribution in [2.24, 2.45) is 11.7 Å². The minimum Gasteiger partial charge on any atom is -0.481 e. The molecule has 9 heteroatoms. The Balaban J connectivity index is 4.97.